The summed E-state index contributed by atoms with van der Waals surface area (Å²) in [5.41, 5.74) is 18.6. The second-order valence-electron chi connectivity index (χ2n) is 9.59. The van der Waals surface area contributed by atoms with Gasteiger partial charge in [-0.1, -0.05) is 115 Å². The topological polar surface area (TPSA) is 26.0 Å². The quantitative estimate of drug-likeness (QED) is 0.279. The highest BCUT2D eigenvalue weighted by Crippen LogP contribution is 2.56. The predicted octanol–water partition coefficient (Wildman–Crippen LogP) is 8.22. The summed E-state index contributed by atoms with van der Waals surface area (Å²) in [4.78, 5) is 0. The lowest BCUT2D eigenvalue weighted by Crippen LogP contribution is -2.28. The molecule has 1 aliphatic carbocycles. The van der Waals surface area contributed by atoms with E-state index in [0.717, 1.165) is 0 Å². The van der Waals surface area contributed by atoms with Gasteiger partial charge < -0.3 is 5.73 Å². The van der Waals surface area contributed by atoms with Crippen LogP contribution in [-0.2, 0) is 5.41 Å². The van der Waals surface area contributed by atoms with Crippen molar-refractivity contribution in [1.29, 1.82) is 0 Å². The Morgan fingerprint density at radius 1 is 0.472 bits per heavy atom. The first kappa shape index (κ1) is 23.8. The minimum absolute atomic E-state index is 0.351. The van der Waals surface area contributed by atoms with E-state index in [-0.39, 0.29) is 5.41 Å². The van der Waals surface area contributed by atoms with Crippen LogP contribution in [0.25, 0.3) is 22.3 Å². The number of hydrogen-bond donors (Lipinski definition) is 1. The molecule has 1 nitrogen and oxygen atoms in total. The Hall–Kier alpha value is -3.94. The molecule has 0 fully saturated rings. The molecule has 178 valence electrons. The van der Waals surface area contributed by atoms with E-state index in [9.17, 15) is 0 Å². The third-order valence-electron chi connectivity index (χ3n) is 7.58. The van der Waals surface area contributed by atoms with Crippen LogP contribution in [0.4, 0.5) is 0 Å². The number of benzene rings is 5. The molecule has 0 radical (unpaired) electrons. The Kier molecular flexibility index (Phi) is 6.35. The zero-order chi connectivity index (χ0) is 25.3. The molecular formula is C35H33N. The Labute approximate surface area is 215 Å². The van der Waals surface area contributed by atoms with Gasteiger partial charge in [-0.3, -0.25) is 0 Å². The molecule has 1 atom stereocenters. The summed E-state index contributed by atoms with van der Waals surface area (Å²) in [6.45, 7) is 6.53. The maximum atomic E-state index is 4.50. The number of nitrogens with two attached hydrogens (primary N) is 1. The fraction of sp³-hybridized carbons (Fsp3) is 0.143. The maximum absolute atomic E-state index is 4.50. The van der Waals surface area contributed by atoms with Crippen LogP contribution in [0.2, 0.25) is 0 Å². The smallest absolute Gasteiger partial charge is 0.0713 e. The monoisotopic (exact) mass is 467 g/mol. The number of aryl methyl sites for hydroxylation is 3. The molecule has 0 amide bonds. The van der Waals surface area contributed by atoms with Crippen molar-refractivity contribution in [3.63, 3.8) is 0 Å². The van der Waals surface area contributed by atoms with Gasteiger partial charge in [0.25, 0.3) is 0 Å². The molecule has 0 spiro atoms. The van der Waals surface area contributed by atoms with Crippen molar-refractivity contribution in [2.24, 2.45) is 5.73 Å². The Morgan fingerprint density at radius 3 is 1.78 bits per heavy atom. The van der Waals surface area contributed by atoms with E-state index in [1.807, 2.05) is 0 Å². The summed E-state index contributed by atoms with van der Waals surface area (Å²) in [6, 6.07) is 42.9. The van der Waals surface area contributed by atoms with Crippen LogP contribution in [0.1, 0.15) is 38.9 Å². The highest BCUT2D eigenvalue weighted by molar-refractivity contribution is 5.88. The van der Waals surface area contributed by atoms with E-state index < -0.39 is 0 Å². The van der Waals surface area contributed by atoms with Gasteiger partial charge in [0.05, 0.1) is 5.41 Å². The fourth-order valence-electron chi connectivity index (χ4n) is 5.66. The van der Waals surface area contributed by atoms with Gasteiger partial charge in [0.1, 0.15) is 0 Å². The van der Waals surface area contributed by atoms with Gasteiger partial charge >= 0.3 is 0 Å². The fourth-order valence-corrected chi connectivity index (χ4v) is 5.66. The van der Waals surface area contributed by atoms with E-state index in [0.29, 0.717) is 0 Å². The molecule has 1 aliphatic rings. The van der Waals surface area contributed by atoms with Gasteiger partial charge in [0.2, 0.25) is 0 Å². The van der Waals surface area contributed by atoms with Crippen LogP contribution in [0.15, 0.2) is 115 Å². The lowest BCUT2D eigenvalue weighted by atomic mass is 9.67. The Balaban J connectivity index is 0.00000130. The van der Waals surface area contributed by atoms with Crippen molar-refractivity contribution in [1.82, 2.24) is 0 Å². The minimum atomic E-state index is -0.351. The first-order valence-corrected chi connectivity index (χ1v) is 12.6. The average Bonchev–Trinajstić information content (AvgIpc) is 3.23. The molecule has 0 saturated carbocycles. The molecule has 0 heterocycles. The third kappa shape index (κ3) is 3.68. The number of fused-ring (bicyclic) bond motifs is 3. The van der Waals surface area contributed by atoms with E-state index in [1.54, 1.807) is 0 Å². The van der Waals surface area contributed by atoms with Crippen molar-refractivity contribution >= 4 is 0 Å². The first-order valence-electron chi connectivity index (χ1n) is 12.6. The molecule has 0 aromatic heterocycles. The molecule has 0 bridgehead atoms. The minimum Gasteiger partial charge on any atom is -0.333 e. The van der Waals surface area contributed by atoms with Crippen molar-refractivity contribution in [2.75, 3.05) is 7.05 Å². The van der Waals surface area contributed by atoms with Crippen LogP contribution < -0.4 is 5.73 Å². The zero-order valence-electron chi connectivity index (χ0n) is 21.5. The van der Waals surface area contributed by atoms with Gasteiger partial charge in [-0.05, 0) is 89.5 Å². The number of hydrogen-bond acceptors (Lipinski definition) is 1. The average molecular weight is 468 g/mol. The van der Waals surface area contributed by atoms with Crippen LogP contribution in [0.5, 0.6) is 0 Å². The molecule has 1 unspecified atom stereocenters. The SMILES string of the molecule is CN.Cc1ccc(C2(c3ccccc3)c3ccccc3-c3ccc(-c4ccc(C)c(C)c4)cc32)cc1. The standard InChI is InChI=1S/C34H28.CH5N/c1-23-13-18-29(19-14-23)34(28-9-5-4-6-10-28)32-12-8-7-11-30(32)31-20-17-27(22-33(31)34)26-16-15-24(2)25(3)21-26;1-2/h4-22H,1-3H3;2H2,1H3. The van der Waals surface area contributed by atoms with E-state index >= 15 is 0 Å². The first-order chi connectivity index (χ1) is 17.6. The summed E-state index contributed by atoms with van der Waals surface area (Å²) in [7, 11) is 1.50. The van der Waals surface area contributed by atoms with Crippen molar-refractivity contribution in [3.05, 3.63) is 154 Å². The van der Waals surface area contributed by atoms with Gasteiger partial charge in [-0.2, -0.15) is 0 Å². The molecule has 5 aromatic rings. The Morgan fingerprint density at radius 2 is 1.06 bits per heavy atom. The Bertz CT molecular complexity index is 1510. The normalized spacial score (nSPS) is 15.5. The maximum Gasteiger partial charge on any atom is 0.0713 e. The second kappa shape index (κ2) is 9.60. The predicted molar refractivity (Wildman–Crippen MR) is 154 cm³/mol. The van der Waals surface area contributed by atoms with E-state index in [1.165, 1.54) is 68.2 Å². The molecule has 5 aromatic carbocycles. The summed E-state index contributed by atoms with van der Waals surface area (Å²) in [5, 5.41) is 0. The molecule has 1 heteroatoms. The molecule has 6 rings (SSSR count). The second-order valence-corrected chi connectivity index (χ2v) is 9.59. The van der Waals surface area contributed by atoms with Gasteiger partial charge in [0.15, 0.2) is 0 Å². The zero-order valence-corrected chi connectivity index (χ0v) is 21.5. The van der Waals surface area contributed by atoms with Crippen LogP contribution >= 0.6 is 0 Å². The number of rotatable bonds is 3. The third-order valence-corrected chi connectivity index (χ3v) is 7.58. The summed E-state index contributed by atoms with van der Waals surface area (Å²) < 4.78 is 0. The van der Waals surface area contributed by atoms with E-state index in [4.69, 9.17) is 0 Å². The lowest BCUT2D eigenvalue weighted by Gasteiger charge is -2.34. The van der Waals surface area contributed by atoms with Crippen LogP contribution in [0, 0.1) is 20.8 Å². The van der Waals surface area contributed by atoms with Crippen LogP contribution in [-0.4, -0.2) is 7.05 Å². The molecule has 36 heavy (non-hydrogen) atoms. The highest BCUT2D eigenvalue weighted by atomic mass is 14.5. The van der Waals surface area contributed by atoms with Gasteiger partial charge in [-0.15, -0.1) is 0 Å². The van der Waals surface area contributed by atoms with Gasteiger partial charge in [0, 0.05) is 0 Å². The largest absolute Gasteiger partial charge is 0.333 e. The van der Waals surface area contributed by atoms with Crippen molar-refractivity contribution in [3.8, 4) is 22.3 Å². The van der Waals surface area contributed by atoms with E-state index in [2.05, 4.69) is 142 Å². The van der Waals surface area contributed by atoms with Crippen LogP contribution in [0.3, 0.4) is 0 Å². The lowest BCUT2D eigenvalue weighted by molar-refractivity contribution is 0.768. The molecular weight excluding hydrogens is 434 g/mol. The highest BCUT2D eigenvalue weighted by Gasteiger charge is 2.46. The summed E-state index contributed by atoms with van der Waals surface area (Å²) in [5.74, 6) is 0. The van der Waals surface area contributed by atoms with Gasteiger partial charge in [-0.25, -0.2) is 0 Å². The summed E-state index contributed by atoms with van der Waals surface area (Å²) in [6.07, 6.45) is 0. The molecule has 2 N–H and O–H groups in total. The molecule has 0 saturated heterocycles. The summed E-state index contributed by atoms with van der Waals surface area (Å²) >= 11 is 0. The van der Waals surface area contributed by atoms with Crippen molar-refractivity contribution in [2.45, 2.75) is 26.2 Å². The van der Waals surface area contributed by atoms with Crippen molar-refractivity contribution < 1.29 is 0 Å². The molecule has 0 aliphatic heterocycles.